The molecule has 0 unspecified atom stereocenters. The van der Waals surface area contributed by atoms with E-state index in [2.05, 4.69) is 43.4 Å². The largest absolute Gasteiger partial charge is 0.496 e. The molecule has 0 aromatic heterocycles. The van der Waals surface area contributed by atoms with Crippen LogP contribution in [0.3, 0.4) is 0 Å². The Kier molecular flexibility index (Phi) is 5.16. The molecular weight excluding hydrogens is 288 g/mol. The topological polar surface area (TPSA) is 50.7 Å². The summed E-state index contributed by atoms with van der Waals surface area (Å²) in [5.74, 6) is 0.222. The van der Waals surface area contributed by atoms with Crippen LogP contribution in [0.15, 0.2) is 53.6 Å². The Morgan fingerprint density at radius 2 is 1.74 bits per heavy atom. The Bertz CT molecular complexity index is 698. The number of benzene rings is 2. The molecule has 0 bridgehead atoms. The first-order valence-electron chi connectivity index (χ1n) is 7.49. The molecule has 0 heterocycles. The summed E-state index contributed by atoms with van der Waals surface area (Å²) in [5, 5.41) is 4.01. The second-order valence-corrected chi connectivity index (χ2v) is 6.27. The van der Waals surface area contributed by atoms with Gasteiger partial charge in [-0.15, -0.1) is 0 Å². The molecule has 4 nitrogen and oxygen atoms in total. The van der Waals surface area contributed by atoms with Crippen LogP contribution in [0.25, 0.3) is 0 Å². The number of carbonyl (C=O) groups is 1. The molecule has 2 aromatic carbocycles. The monoisotopic (exact) mass is 310 g/mol. The molecule has 0 spiro atoms. The van der Waals surface area contributed by atoms with Gasteiger partial charge >= 0.3 is 0 Å². The molecule has 1 N–H and O–H groups in total. The Morgan fingerprint density at radius 3 is 2.35 bits per heavy atom. The smallest absolute Gasteiger partial charge is 0.275 e. The lowest BCUT2D eigenvalue weighted by Crippen LogP contribution is -2.18. The van der Waals surface area contributed by atoms with E-state index in [1.54, 1.807) is 24.4 Å². The van der Waals surface area contributed by atoms with E-state index in [9.17, 15) is 4.79 Å². The number of rotatable bonds is 4. The van der Waals surface area contributed by atoms with Gasteiger partial charge in [0.1, 0.15) is 5.75 Å². The maximum Gasteiger partial charge on any atom is 0.275 e. The molecule has 1 amide bonds. The molecule has 2 rings (SSSR count). The first kappa shape index (κ1) is 16.7. The summed E-state index contributed by atoms with van der Waals surface area (Å²) in [4.78, 5) is 12.1. The number of hydrogen-bond acceptors (Lipinski definition) is 3. The van der Waals surface area contributed by atoms with Crippen LogP contribution in [0, 0.1) is 0 Å². The molecule has 0 saturated carbocycles. The van der Waals surface area contributed by atoms with Gasteiger partial charge in [-0.25, -0.2) is 5.43 Å². The molecule has 0 saturated heterocycles. The van der Waals surface area contributed by atoms with Crippen molar-refractivity contribution >= 4 is 12.1 Å². The zero-order chi connectivity index (χ0) is 16.9. The normalized spacial score (nSPS) is 11.5. The van der Waals surface area contributed by atoms with Gasteiger partial charge in [-0.2, -0.15) is 5.10 Å². The Morgan fingerprint density at radius 1 is 1.09 bits per heavy atom. The van der Waals surface area contributed by atoms with E-state index in [0.29, 0.717) is 11.3 Å². The number of nitrogens with zero attached hydrogens (tertiary/aromatic N) is 1. The fourth-order valence-electron chi connectivity index (χ4n) is 2.13. The Hall–Kier alpha value is -2.62. The Labute approximate surface area is 137 Å². The van der Waals surface area contributed by atoms with Crippen LogP contribution in [-0.4, -0.2) is 19.2 Å². The second kappa shape index (κ2) is 7.09. The first-order chi connectivity index (χ1) is 10.9. The second-order valence-electron chi connectivity index (χ2n) is 6.27. The van der Waals surface area contributed by atoms with E-state index >= 15 is 0 Å². The van der Waals surface area contributed by atoms with Crippen molar-refractivity contribution in [2.24, 2.45) is 5.10 Å². The maximum absolute atomic E-state index is 12.1. The van der Waals surface area contributed by atoms with Crippen LogP contribution >= 0.6 is 0 Å². The molecule has 23 heavy (non-hydrogen) atoms. The molecule has 0 radical (unpaired) electrons. The number of hydrogen-bond donors (Lipinski definition) is 1. The zero-order valence-corrected chi connectivity index (χ0v) is 14.0. The van der Waals surface area contributed by atoms with Crippen LogP contribution in [0.5, 0.6) is 5.75 Å². The molecule has 0 atom stereocenters. The molecule has 2 aromatic rings. The van der Waals surface area contributed by atoms with Crippen LogP contribution in [0.4, 0.5) is 0 Å². The van der Waals surface area contributed by atoms with E-state index in [1.165, 1.54) is 12.7 Å². The van der Waals surface area contributed by atoms with Gasteiger partial charge in [-0.05, 0) is 28.7 Å². The van der Waals surface area contributed by atoms with E-state index < -0.39 is 0 Å². The highest BCUT2D eigenvalue weighted by atomic mass is 16.5. The Balaban J connectivity index is 2.03. The van der Waals surface area contributed by atoms with Crippen molar-refractivity contribution in [3.8, 4) is 5.75 Å². The third kappa shape index (κ3) is 4.42. The van der Waals surface area contributed by atoms with Crippen LogP contribution in [-0.2, 0) is 5.41 Å². The number of hydrazone groups is 1. The van der Waals surface area contributed by atoms with Gasteiger partial charge in [-0.3, -0.25) is 4.79 Å². The summed E-state index contributed by atoms with van der Waals surface area (Å²) in [5.41, 5.74) is 5.28. The number of para-hydroxylation sites is 1. The quantitative estimate of drug-likeness (QED) is 0.690. The molecule has 0 aliphatic carbocycles. The highest BCUT2D eigenvalue weighted by Crippen LogP contribution is 2.21. The van der Waals surface area contributed by atoms with E-state index in [0.717, 1.165) is 5.56 Å². The zero-order valence-electron chi connectivity index (χ0n) is 14.0. The summed E-state index contributed by atoms with van der Waals surface area (Å²) in [6.45, 7) is 6.51. The van der Waals surface area contributed by atoms with E-state index in [-0.39, 0.29) is 11.3 Å². The van der Waals surface area contributed by atoms with Crippen LogP contribution < -0.4 is 10.2 Å². The lowest BCUT2D eigenvalue weighted by molar-refractivity contribution is 0.0952. The van der Waals surface area contributed by atoms with Gasteiger partial charge in [0.15, 0.2) is 0 Å². The van der Waals surface area contributed by atoms with Crippen LogP contribution in [0.1, 0.15) is 42.3 Å². The average molecular weight is 310 g/mol. The molecule has 0 aliphatic rings. The van der Waals surface area contributed by atoms with Crippen molar-refractivity contribution in [2.45, 2.75) is 26.2 Å². The summed E-state index contributed by atoms with van der Waals surface area (Å²) in [7, 11) is 1.53. The van der Waals surface area contributed by atoms with Gasteiger partial charge in [0.05, 0.1) is 18.9 Å². The minimum atomic E-state index is -0.301. The lowest BCUT2D eigenvalue weighted by Gasteiger charge is -2.18. The number of nitrogens with one attached hydrogen (secondary N) is 1. The van der Waals surface area contributed by atoms with Crippen molar-refractivity contribution in [1.82, 2.24) is 5.43 Å². The van der Waals surface area contributed by atoms with Crippen molar-refractivity contribution < 1.29 is 9.53 Å². The SMILES string of the molecule is COc1ccccc1C(=O)N/N=C/c1ccc(C(C)(C)C)cc1. The van der Waals surface area contributed by atoms with Gasteiger partial charge in [0.2, 0.25) is 0 Å². The number of ether oxygens (including phenoxy) is 1. The molecule has 120 valence electrons. The number of methoxy groups -OCH3 is 1. The van der Waals surface area contributed by atoms with Crippen molar-refractivity contribution in [3.05, 3.63) is 65.2 Å². The minimum absolute atomic E-state index is 0.119. The standard InChI is InChI=1S/C19H22N2O2/c1-19(2,3)15-11-9-14(10-12-15)13-20-21-18(22)16-7-5-6-8-17(16)23-4/h5-13H,1-4H3,(H,21,22)/b20-13+. The summed E-state index contributed by atoms with van der Waals surface area (Å²) >= 11 is 0. The van der Waals surface area contributed by atoms with E-state index in [1.807, 2.05) is 18.2 Å². The fraction of sp³-hybridized carbons (Fsp3) is 0.263. The van der Waals surface area contributed by atoms with Gasteiger partial charge in [0, 0.05) is 0 Å². The third-order valence-corrected chi connectivity index (χ3v) is 3.51. The lowest BCUT2D eigenvalue weighted by atomic mass is 9.87. The predicted molar refractivity (Wildman–Crippen MR) is 93.2 cm³/mol. The van der Waals surface area contributed by atoms with Crippen molar-refractivity contribution in [3.63, 3.8) is 0 Å². The third-order valence-electron chi connectivity index (χ3n) is 3.51. The van der Waals surface area contributed by atoms with Crippen LogP contribution in [0.2, 0.25) is 0 Å². The van der Waals surface area contributed by atoms with Gasteiger partial charge in [0.25, 0.3) is 5.91 Å². The average Bonchev–Trinajstić information content (AvgIpc) is 2.54. The molecular formula is C19H22N2O2. The fourth-order valence-corrected chi connectivity index (χ4v) is 2.13. The maximum atomic E-state index is 12.1. The summed E-state index contributed by atoms with van der Waals surface area (Å²) < 4.78 is 5.16. The molecule has 0 aliphatic heterocycles. The summed E-state index contributed by atoms with van der Waals surface area (Å²) in [6, 6.07) is 15.2. The minimum Gasteiger partial charge on any atom is -0.496 e. The van der Waals surface area contributed by atoms with E-state index in [4.69, 9.17) is 4.74 Å². The number of carbonyl (C=O) groups excluding carboxylic acids is 1. The highest BCUT2D eigenvalue weighted by molar-refractivity contribution is 5.97. The van der Waals surface area contributed by atoms with Gasteiger partial charge in [-0.1, -0.05) is 57.2 Å². The highest BCUT2D eigenvalue weighted by Gasteiger charge is 2.12. The first-order valence-corrected chi connectivity index (χ1v) is 7.49. The van der Waals surface area contributed by atoms with Crippen molar-refractivity contribution in [2.75, 3.05) is 7.11 Å². The van der Waals surface area contributed by atoms with Gasteiger partial charge < -0.3 is 4.74 Å². The molecule has 0 fully saturated rings. The summed E-state index contributed by atoms with van der Waals surface area (Å²) in [6.07, 6.45) is 1.62. The molecule has 4 heteroatoms. The predicted octanol–water partition coefficient (Wildman–Crippen LogP) is 3.76. The van der Waals surface area contributed by atoms with Crippen molar-refractivity contribution in [1.29, 1.82) is 0 Å². The number of amides is 1.